The van der Waals surface area contributed by atoms with Crippen molar-refractivity contribution >= 4 is 5.97 Å². The molecule has 0 unspecified atom stereocenters. The second-order valence-electron chi connectivity index (χ2n) is 5.12. The fourth-order valence-electron chi connectivity index (χ4n) is 3.13. The number of carbonyl (C=O) groups excluding carboxylic acids is 1. The van der Waals surface area contributed by atoms with Crippen molar-refractivity contribution in [3.63, 3.8) is 0 Å². The fourth-order valence-corrected chi connectivity index (χ4v) is 3.13. The summed E-state index contributed by atoms with van der Waals surface area (Å²) in [6, 6.07) is 0.646. The van der Waals surface area contributed by atoms with E-state index in [0.29, 0.717) is 18.6 Å². The number of nitrogens with zero attached hydrogens (tertiary/aromatic N) is 1. The summed E-state index contributed by atoms with van der Waals surface area (Å²) >= 11 is 0. The molecule has 4 nitrogen and oxygen atoms in total. The molecule has 2 heterocycles. The minimum absolute atomic E-state index is 0.0705. The molecule has 2 fully saturated rings. The summed E-state index contributed by atoms with van der Waals surface area (Å²) in [5, 5.41) is 0. The SMILES string of the molecule is COCC(=O)OC[C@@H]1CCCN2CCCC[C@H]12. The molecule has 0 spiro atoms. The van der Waals surface area contributed by atoms with E-state index in [-0.39, 0.29) is 12.6 Å². The van der Waals surface area contributed by atoms with Gasteiger partial charge in [-0.15, -0.1) is 0 Å². The predicted octanol–water partition coefficient (Wildman–Crippen LogP) is 1.44. The zero-order chi connectivity index (χ0) is 12.1. The number of piperidine rings is 2. The van der Waals surface area contributed by atoms with Gasteiger partial charge in [0.05, 0.1) is 6.61 Å². The second kappa shape index (κ2) is 6.36. The molecule has 2 atom stereocenters. The third-order valence-electron chi connectivity index (χ3n) is 3.95. The maximum absolute atomic E-state index is 11.3. The van der Waals surface area contributed by atoms with Gasteiger partial charge in [-0.2, -0.15) is 0 Å². The standard InChI is InChI=1S/C13H23NO3/c1-16-10-13(15)17-9-11-5-4-8-14-7-3-2-6-12(11)14/h11-12H,2-10H2,1H3/t11-,12+/m0/s1. The molecule has 98 valence electrons. The summed E-state index contributed by atoms with van der Waals surface area (Å²) in [6.07, 6.45) is 6.35. The first-order valence-electron chi connectivity index (χ1n) is 6.70. The van der Waals surface area contributed by atoms with Crippen LogP contribution >= 0.6 is 0 Å². The van der Waals surface area contributed by atoms with Crippen molar-refractivity contribution in [1.82, 2.24) is 4.90 Å². The van der Waals surface area contributed by atoms with Crippen molar-refractivity contribution in [1.29, 1.82) is 0 Å². The van der Waals surface area contributed by atoms with Crippen molar-refractivity contribution < 1.29 is 14.3 Å². The van der Waals surface area contributed by atoms with Crippen molar-refractivity contribution in [2.45, 2.75) is 38.1 Å². The molecule has 2 rings (SSSR count). The number of methoxy groups -OCH3 is 1. The minimum atomic E-state index is -0.236. The molecular weight excluding hydrogens is 218 g/mol. The molecule has 2 saturated heterocycles. The largest absolute Gasteiger partial charge is 0.464 e. The highest BCUT2D eigenvalue weighted by molar-refractivity contribution is 5.70. The van der Waals surface area contributed by atoms with Crippen molar-refractivity contribution in [2.24, 2.45) is 5.92 Å². The molecule has 4 heteroatoms. The lowest BCUT2D eigenvalue weighted by atomic mass is 9.84. The van der Waals surface area contributed by atoms with E-state index in [2.05, 4.69) is 4.90 Å². The average molecular weight is 241 g/mol. The van der Waals surface area contributed by atoms with Gasteiger partial charge in [0.15, 0.2) is 0 Å². The first kappa shape index (κ1) is 12.8. The average Bonchev–Trinajstić information content (AvgIpc) is 2.36. The van der Waals surface area contributed by atoms with E-state index in [0.717, 1.165) is 0 Å². The number of ether oxygens (including phenoxy) is 2. The van der Waals surface area contributed by atoms with Gasteiger partial charge in [0.1, 0.15) is 6.61 Å². The van der Waals surface area contributed by atoms with Crippen molar-refractivity contribution in [3.05, 3.63) is 0 Å². The highest BCUT2D eigenvalue weighted by atomic mass is 16.6. The Kier molecular flexibility index (Phi) is 4.80. The van der Waals surface area contributed by atoms with E-state index in [1.54, 1.807) is 0 Å². The van der Waals surface area contributed by atoms with Crippen LogP contribution in [0.25, 0.3) is 0 Å². The van der Waals surface area contributed by atoms with E-state index in [1.807, 2.05) is 0 Å². The van der Waals surface area contributed by atoms with Crippen molar-refractivity contribution in [2.75, 3.05) is 33.4 Å². The first-order valence-corrected chi connectivity index (χ1v) is 6.70. The molecule has 0 amide bonds. The Morgan fingerprint density at radius 3 is 2.88 bits per heavy atom. The molecule has 0 aromatic rings. The van der Waals surface area contributed by atoms with Crippen LogP contribution in [-0.4, -0.2) is 50.3 Å². The van der Waals surface area contributed by atoms with Gasteiger partial charge >= 0.3 is 5.97 Å². The zero-order valence-corrected chi connectivity index (χ0v) is 10.7. The molecule has 2 aliphatic rings. The lowest BCUT2D eigenvalue weighted by Gasteiger charge is -2.44. The maximum atomic E-state index is 11.3. The van der Waals surface area contributed by atoms with Gasteiger partial charge in [0.2, 0.25) is 0 Å². The van der Waals surface area contributed by atoms with Gasteiger partial charge in [0.25, 0.3) is 0 Å². The van der Waals surface area contributed by atoms with Crippen LogP contribution in [0.15, 0.2) is 0 Å². The monoisotopic (exact) mass is 241 g/mol. The van der Waals surface area contributed by atoms with Crippen LogP contribution in [-0.2, 0) is 14.3 Å². The molecule has 0 saturated carbocycles. The van der Waals surface area contributed by atoms with E-state index in [9.17, 15) is 4.79 Å². The van der Waals surface area contributed by atoms with Crippen LogP contribution in [0.3, 0.4) is 0 Å². The Bertz CT molecular complexity index is 255. The lowest BCUT2D eigenvalue weighted by molar-refractivity contribution is -0.150. The number of hydrogen-bond donors (Lipinski definition) is 0. The summed E-state index contributed by atoms with van der Waals surface area (Å²) in [4.78, 5) is 13.9. The van der Waals surface area contributed by atoms with Gasteiger partial charge in [-0.25, -0.2) is 4.79 Å². The third-order valence-corrected chi connectivity index (χ3v) is 3.95. The maximum Gasteiger partial charge on any atom is 0.332 e. The molecule has 2 aliphatic heterocycles. The Morgan fingerprint density at radius 2 is 2.06 bits per heavy atom. The van der Waals surface area contributed by atoms with Gasteiger partial charge in [-0.1, -0.05) is 6.42 Å². The van der Waals surface area contributed by atoms with E-state index in [1.165, 1.54) is 52.3 Å². The fraction of sp³-hybridized carbons (Fsp3) is 0.923. The second-order valence-corrected chi connectivity index (χ2v) is 5.12. The molecule has 0 aromatic carbocycles. The quantitative estimate of drug-likeness (QED) is 0.698. The first-order chi connectivity index (χ1) is 8.31. The van der Waals surface area contributed by atoms with Crippen LogP contribution in [0.4, 0.5) is 0 Å². The third kappa shape index (κ3) is 3.42. The predicted molar refractivity (Wildman–Crippen MR) is 64.8 cm³/mol. The van der Waals surface area contributed by atoms with Gasteiger partial charge in [-0.05, 0) is 38.8 Å². The van der Waals surface area contributed by atoms with Crippen LogP contribution < -0.4 is 0 Å². The van der Waals surface area contributed by atoms with Crippen LogP contribution in [0.5, 0.6) is 0 Å². The van der Waals surface area contributed by atoms with Crippen LogP contribution in [0, 0.1) is 5.92 Å². The molecule has 0 aromatic heterocycles. The number of esters is 1. The zero-order valence-electron chi connectivity index (χ0n) is 10.7. The van der Waals surface area contributed by atoms with Gasteiger partial charge < -0.3 is 9.47 Å². The van der Waals surface area contributed by atoms with Crippen LogP contribution in [0.2, 0.25) is 0 Å². The van der Waals surface area contributed by atoms with E-state index < -0.39 is 0 Å². The molecule has 0 radical (unpaired) electrons. The smallest absolute Gasteiger partial charge is 0.332 e. The van der Waals surface area contributed by atoms with Gasteiger partial charge in [0, 0.05) is 19.1 Å². The summed E-state index contributed by atoms with van der Waals surface area (Å²) < 4.78 is 10.0. The molecule has 0 N–H and O–H groups in total. The van der Waals surface area contributed by atoms with Crippen molar-refractivity contribution in [3.8, 4) is 0 Å². The number of rotatable bonds is 4. The highest BCUT2D eigenvalue weighted by Crippen LogP contribution is 2.30. The Morgan fingerprint density at radius 1 is 1.24 bits per heavy atom. The van der Waals surface area contributed by atoms with E-state index in [4.69, 9.17) is 9.47 Å². The van der Waals surface area contributed by atoms with Gasteiger partial charge in [-0.3, -0.25) is 4.90 Å². The van der Waals surface area contributed by atoms with E-state index >= 15 is 0 Å². The minimum Gasteiger partial charge on any atom is -0.464 e. The lowest BCUT2D eigenvalue weighted by Crippen LogP contribution is -2.49. The Labute approximate surface area is 103 Å². The van der Waals surface area contributed by atoms with Crippen LogP contribution in [0.1, 0.15) is 32.1 Å². The summed E-state index contributed by atoms with van der Waals surface area (Å²) in [5.41, 5.74) is 0. The Balaban J connectivity index is 1.80. The number of carbonyl (C=O) groups is 1. The topological polar surface area (TPSA) is 38.8 Å². The number of hydrogen-bond acceptors (Lipinski definition) is 4. The number of fused-ring (bicyclic) bond motifs is 1. The molecule has 0 aliphatic carbocycles. The normalized spacial score (nSPS) is 29.7. The molecular formula is C13H23NO3. The highest BCUT2D eigenvalue weighted by Gasteiger charge is 2.33. The molecule has 0 bridgehead atoms. The summed E-state index contributed by atoms with van der Waals surface area (Å²) in [7, 11) is 1.52. The summed E-state index contributed by atoms with van der Waals surface area (Å²) in [5.74, 6) is 0.297. The molecule has 17 heavy (non-hydrogen) atoms. The Hall–Kier alpha value is -0.610. The summed E-state index contributed by atoms with van der Waals surface area (Å²) in [6.45, 7) is 3.10.